The van der Waals surface area contributed by atoms with Crippen molar-refractivity contribution in [1.82, 2.24) is 19.3 Å². The Kier molecular flexibility index (Phi) is 4.12. The largest absolute Gasteiger partial charge is 0.332 e. The second-order valence-electron chi connectivity index (χ2n) is 6.43. The average Bonchev–Trinajstić information content (AvgIpc) is 3.36. The van der Waals surface area contributed by atoms with Gasteiger partial charge in [-0.15, -0.1) is 0 Å². The van der Waals surface area contributed by atoms with Gasteiger partial charge in [0.2, 0.25) is 0 Å². The minimum absolute atomic E-state index is 0.346. The summed E-state index contributed by atoms with van der Waals surface area (Å²) in [6, 6.07) is 6.75. The van der Waals surface area contributed by atoms with Gasteiger partial charge in [0, 0.05) is 30.1 Å². The van der Waals surface area contributed by atoms with Crippen molar-refractivity contribution < 1.29 is 0 Å². The Bertz CT molecular complexity index is 1120. The molecule has 0 saturated heterocycles. The summed E-state index contributed by atoms with van der Waals surface area (Å²) in [5.41, 5.74) is 3.54. The number of aromatic nitrogens is 4. The van der Waals surface area contributed by atoms with Crippen molar-refractivity contribution >= 4 is 34.5 Å². The molecule has 3 aromatic rings. The first kappa shape index (κ1) is 16.6. The van der Waals surface area contributed by atoms with Crippen LogP contribution in [0, 0.1) is 5.92 Å². The van der Waals surface area contributed by atoms with Gasteiger partial charge >= 0.3 is 5.69 Å². The summed E-state index contributed by atoms with van der Waals surface area (Å²) in [6.07, 6.45) is 3.74. The molecular formula is C17H17ClN6O2. The molecule has 0 aliphatic heterocycles. The van der Waals surface area contributed by atoms with Gasteiger partial charge in [0.25, 0.3) is 5.56 Å². The summed E-state index contributed by atoms with van der Waals surface area (Å²) in [5.74, 6) is 0.858. The number of nitrogens with zero attached hydrogens (tertiary/aromatic N) is 4. The molecule has 2 N–H and O–H groups in total. The highest BCUT2D eigenvalue weighted by Gasteiger charge is 2.24. The lowest BCUT2D eigenvalue weighted by Gasteiger charge is -2.12. The van der Waals surface area contributed by atoms with Crippen molar-refractivity contribution in [3.8, 4) is 0 Å². The van der Waals surface area contributed by atoms with E-state index in [2.05, 4.69) is 20.7 Å². The molecule has 1 saturated carbocycles. The lowest BCUT2D eigenvalue weighted by atomic mass is 10.2. The monoisotopic (exact) mass is 372 g/mol. The van der Waals surface area contributed by atoms with E-state index in [4.69, 9.17) is 11.6 Å². The summed E-state index contributed by atoms with van der Waals surface area (Å²) in [5, 5.41) is 12.7. The first-order chi connectivity index (χ1) is 12.5. The van der Waals surface area contributed by atoms with Gasteiger partial charge in [-0.2, -0.15) is 10.2 Å². The third-order valence-electron chi connectivity index (χ3n) is 4.46. The van der Waals surface area contributed by atoms with E-state index >= 15 is 0 Å². The fourth-order valence-electron chi connectivity index (χ4n) is 2.76. The smallest absolute Gasteiger partial charge is 0.278 e. The molecule has 0 bridgehead atoms. The van der Waals surface area contributed by atoms with Crippen LogP contribution >= 0.6 is 11.6 Å². The van der Waals surface area contributed by atoms with Crippen molar-refractivity contribution in [1.29, 1.82) is 0 Å². The predicted molar refractivity (Wildman–Crippen MR) is 101 cm³/mol. The average molecular weight is 373 g/mol. The highest BCUT2D eigenvalue weighted by Crippen LogP contribution is 2.30. The van der Waals surface area contributed by atoms with Crippen LogP contribution in [-0.2, 0) is 13.6 Å². The second kappa shape index (κ2) is 6.45. The van der Waals surface area contributed by atoms with E-state index in [1.165, 1.54) is 13.1 Å². The Balaban J connectivity index is 1.64. The quantitative estimate of drug-likeness (QED) is 0.528. The lowest BCUT2D eigenvalue weighted by molar-refractivity contribution is 0.564. The van der Waals surface area contributed by atoms with E-state index in [1.54, 1.807) is 22.9 Å². The van der Waals surface area contributed by atoms with Gasteiger partial charge in [-0.1, -0.05) is 11.6 Å². The van der Waals surface area contributed by atoms with Gasteiger partial charge in [-0.25, -0.2) is 4.79 Å². The van der Waals surface area contributed by atoms with Gasteiger partial charge in [0.05, 0.1) is 17.4 Å². The number of H-pyrrole nitrogens is 1. The number of hydrogen-bond donors (Lipinski definition) is 2. The zero-order chi connectivity index (χ0) is 18.3. The summed E-state index contributed by atoms with van der Waals surface area (Å²) in [6.45, 7) is 0.577. The summed E-state index contributed by atoms with van der Waals surface area (Å²) in [7, 11) is 1.47. The van der Waals surface area contributed by atoms with Crippen LogP contribution < -0.4 is 16.7 Å². The Hall–Kier alpha value is -2.87. The Morgan fingerprint density at radius 3 is 2.96 bits per heavy atom. The lowest BCUT2D eigenvalue weighted by Crippen LogP contribution is -2.38. The van der Waals surface area contributed by atoms with Crippen molar-refractivity contribution in [2.45, 2.75) is 19.4 Å². The van der Waals surface area contributed by atoms with Crippen molar-refractivity contribution in [3.63, 3.8) is 0 Å². The molecule has 4 rings (SSSR count). The van der Waals surface area contributed by atoms with E-state index in [-0.39, 0.29) is 11.2 Å². The van der Waals surface area contributed by atoms with E-state index in [9.17, 15) is 9.59 Å². The number of hydrogen-bond acceptors (Lipinski definition) is 5. The van der Waals surface area contributed by atoms with Gasteiger partial charge in [-0.05, 0) is 37.0 Å². The SMILES string of the molecule is Cn1c(=O)cc(NN=Cc2[nH]nc3ccc(Cl)cc23)n(CC2CC2)c1=O. The molecule has 26 heavy (non-hydrogen) atoms. The fraction of sp³-hybridized carbons (Fsp3) is 0.294. The second-order valence-corrected chi connectivity index (χ2v) is 6.87. The molecule has 9 heteroatoms. The van der Waals surface area contributed by atoms with Crippen molar-refractivity contribution in [2.75, 3.05) is 5.43 Å². The molecule has 0 radical (unpaired) electrons. The summed E-state index contributed by atoms with van der Waals surface area (Å²) in [4.78, 5) is 24.3. The van der Waals surface area contributed by atoms with Gasteiger partial charge in [0.15, 0.2) is 0 Å². The molecule has 0 amide bonds. The Morgan fingerprint density at radius 1 is 1.38 bits per heavy atom. The number of hydrazone groups is 1. The molecule has 0 spiro atoms. The fourth-order valence-corrected chi connectivity index (χ4v) is 2.93. The van der Waals surface area contributed by atoms with Crippen molar-refractivity contribution in [3.05, 3.63) is 55.8 Å². The van der Waals surface area contributed by atoms with Gasteiger partial charge in [-0.3, -0.25) is 24.5 Å². The van der Waals surface area contributed by atoms with Crippen molar-refractivity contribution in [2.24, 2.45) is 18.1 Å². The number of halogens is 1. The molecule has 2 aromatic heterocycles. The zero-order valence-corrected chi connectivity index (χ0v) is 14.8. The number of nitrogens with one attached hydrogen (secondary N) is 2. The minimum Gasteiger partial charge on any atom is -0.278 e. The topological polar surface area (TPSA) is 97.1 Å². The molecule has 1 aromatic carbocycles. The standard InChI is InChI=1S/C17H17ClN6O2/c1-23-16(25)7-15(24(17(23)26)9-10-2-3-10)22-19-8-14-12-6-11(18)4-5-13(12)20-21-14/h4-8,10,22H,2-3,9H2,1H3,(H,20,21). The molecule has 1 aliphatic rings. The van der Waals surface area contributed by atoms with E-state index in [0.29, 0.717) is 29.0 Å². The maximum atomic E-state index is 12.4. The first-order valence-electron chi connectivity index (χ1n) is 8.26. The van der Waals surface area contributed by atoms with Crippen LogP contribution in [0.5, 0.6) is 0 Å². The van der Waals surface area contributed by atoms with Gasteiger partial charge in [0.1, 0.15) is 5.82 Å². The van der Waals surface area contributed by atoms with E-state index in [1.807, 2.05) is 6.07 Å². The molecule has 1 fully saturated rings. The molecular weight excluding hydrogens is 356 g/mol. The molecule has 2 heterocycles. The number of aromatic amines is 1. The van der Waals surface area contributed by atoms with Crippen LogP contribution in [0.1, 0.15) is 18.5 Å². The van der Waals surface area contributed by atoms with Crippen LogP contribution in [-0.4, -0.2) is 25.5 Å². The normalized spacial score (nSPS) is 14.4. The molecule has 8 nitrogen and oxygen atoms in total. The van der Waals surface area contributed by atoms with Gasteiger partial charge < -0.3 is 0 Å². The molecule has 134 valence electrons. The van der Waals surface area contributed by atoms with Crippen LogP contribution in [0.2, 0.25) is 5.02 Å². The Labute approximate surface area is 153 Å². The molecule has 0 atom stereocenters. The van der Waals surface area contributed by atoms with Crippen LogP contribution in [0.25, 0.3) is 10.9 Å². The number of benzene rings is 1. The Morgan fingerprint density at radius 2 is 2.19 bits per heavy atom. The maximum Gasteiger partial charge on any atom is 0.332 e. The third-order valence-corrected chi connectivity index (χ3v) is 4.69. The van der Waals surface area contributed by atoms with Crippen LogP contribution in [0.15, 0.2) is 39.0 Å². The summed E-state index contributed by atoms with van der Waals surface area (Å²) >= 11 is 6.03. The minimum atomic E-state index is -0.376. The maximum absolute atomic E-state index is 12.4. The van der Waals surface area contributed by atoms with E-state index < -0.39 is 0 Å². The number of rotatable bonds is 5. The number of anilines is 1. The third kappa shape index (κ3) is 3.15. The molecule has 0 unspecified atom stereocenters. The van der Waals surface area contributed by atoms with Crippen LogP contribution in [0.4, 0.5) is 5.82 Å². The summed E-state index contributed by atoms with van der Waals surface area (Å²) < 4.78 is 2.65. The predicted octanol–water partition coefficient (Wildman–Crippen LogP) is 1.93. The highest BCUT2D eigenvalue weighted by molar-refractivity contribution is 6.31. The number of fused-ring (bicyclic) bond motifs is 1. The van der Waals surface area contributed by atoms with Crippen LogP contribution in [0.3, 0.4) is 0 Å². The molecule has 1 aliphatic carbocycles. The van der Waals surface area contributed by atoms with E-state index in [0.717, 1.165) is 28.3 Å². The zero-order valence-electron chi connectivity index (χ0n) is 14.1. The first-order valence-corrected chi connectivity index (χ1v) is 8.64. The highest BCUT2D eigenvalue weighted by atomic mass is 35.5.